The zero-order valence-electron chi connectivity index (χ0n) is 13.8. The predicted molar refractivity (Wildman–Crippen MR) is 90.7 cm³/mol. The Balaban J connectivity index is 2.04. The second-order valence-corrected chi connectivity index (χ2v) is 5.84. The summed E-state index contributed by atoms with van der Waals surface area (Å²) in [5.74, 6) is -0.658. The van der Waals surface area contributed by atoms with E-state index < -0.39 is 17.8 Å². The first-order valence-electron chi connectivity index (χ1n) is 8.29. The van der Waals surface area contributed by atoms with Crippen molar-refractivity contribution in [3.63, 3.8) is 0 Å². The molecule has 0 atom stereocenters. The lowest BCUT2D eigenvalue weighted by Gasteiger charge is -2.06. The second kappa shape index (κ2) is 12.8. The lowest BCUT2D eigenvalue weighted by Crippen LogP contribution is -2.13. The molecule has 0 radical (unpaired) electrons. The van der Waals surface area contributed by atoms with E-state index in [2.05, 4.69) is 0 Å². The van der Waals surface area contributed by atoms with Gasteiger partial charge in [0.2, 0.25) is 0 Å². The first-order valence-corrected chi connectivity index (χ1v) is 8.83. The molecule has 0 unspecified atom stereocenters. The number of unbranched alkanes of at least 4 members (excludes halogenated alkanes) is 5. The molecule has 0 amide bonds. The Hall–Kier alpha value is -1.62. The van der Waals surface area contributed by atoms with Crippen LogP contribution < -0.4 is 4.74 Å². The van der Waals surface area contributed by atoms with E-state index in [9.17, 15) is 14.0 Å². The molecule has 6 heteroatoms. The van der Waals surface area contributed by atoms with E-state index in [0.29, 0.717) is 12.5 Å². The zero-order chi connectivity index (χ0) is 17.6. The Morgan fingerprint density at radius 3 is 2.33 bits per heavy atom. The quantitative estimate of drug-likeness (QED) is 0.236. The van der Waals surface area contributed by atoms with Gasteiger partial charge in [0.05, 0.1) is 19.4 Å². The normalized spacial score (nSPS) is 10.4. The number of ether oxygens (including phenoxy) is 2. The number of hydrogen-bond donors (Lipinski definition) is 0. The molecule has 0 spiro atoms. The largest absolute Gasteiger partial charge is 0.466 e. The number of halogens is 2. The highest BCUT2D eigenvalue weighted by atomic mass is 35.5. The minimum atomic E-state index is -0.586. The van der Waals surface area contributed by atoms with E-state index in [1.54, 1.807) is 0 Å². The van der Waals surface area contributed by atoms with Crippen LogP contribution in [0, 0.1) is 5.82 Å². The van der Waals surface area contributed by atoms with E-state index in [-0.39, 0.29) is 18.6 Å². The van der Waals surface area contributed by atoms with E-state index in [1.807, 2.05) is 0 Å². The molecular formula is C18H24ClFO4. The van der Waals surface area contributed by atoms with E-state index >= 15 is 0 Å². The first kappa shape index (κ1) is 20.4. The maximum Gasteiger partial charge on any atom is 0.311 e. The Morgan fingerprint density at radius 2 is 1.62 bits per heavy atom. The summed E-state index contributed by atoms with van der Waals surface area (Å²) in [5.41, 5.74) is 0. The Labute approximate surface area is 147 Å². The number of carbonyl (C=O) groups excluding carboxylic acids is 2. The lowest BCUT2D eigenvalue weighted by molar-refractivity contribution is -0.147. The van der Waals surface area contributed by atoms with Crippen LogP contribution in [0.3, 0.4) is 0 Å². The topological polar surface area (TPSA) is 52.6 Å². The summed E-state index contributed by atoms with van der Waals surface area (Å²) in [6, 6.07) is 5.30. The molecule has 0 bridgehead atoms. The molecule has 0 aliphatic heterocycles. The molecule has 0 fully saturated rings. The van der Waals surface area contributed by atoms with Gasteiger partial charge in [-0.3, -0.25) is 9.59 Å². The maximum atomic E-state index is 12.9. The average molecular weight is 359 g/mol. The summed E-state index contributed by atoms with van der Waals surface area (Å²) in [5, 5.41) is 0. The van der Waals surface area contributed by atoms with Crippen molar-refractivity contribution in [1.82, 2.24) is 0 Å². The molecule has 1 aromatic rings. The Bertz CT molecular complexity index is 508. The summed E-state index contributed by atoms with van der Waals surface area (Å²) in [4.78, 5) is 23.1. The molecule has 1 aromatic carbocycles. The zero-order valence-corrected chi connectivity index (χ0v) is 14.5. The maximum absolute atomic E-state index is 12.9. The third kappa shape index (κ3) is 10.2. The molecule has 4 nitrogen and oxygen atoms in total. The SMILES string of the molecule is O=C(CCC(=O)Oc1cccc(F)c1)OCCCCCCCCCl. The van der Waals surface area contributed by atoms with Gasteiger partial charge in [-0.05, 0) is 25.0 Å². The van der Waals surface area contributed by atoms with Crippen molar-refractivity contribution in [1.29, 1.82) is 0 Å². The molecule has 24 heavy (non-hydrogen) atoms. The second-order valence-electron chi connectivity index (χ2n) is 5.46. The van der Waals surface area contributed by atoms with Crippen molar-refractivity contribution < 1.29 is 23.5 Å². The fourth-order valence-electron chi connectivity index (χ4n) is 2.08. The summed E-state index contributed by atoms with van der Waals surface area (Å²) in [6.07, 6.45) is 6.13. The van der Waals surface area contributed by atoms with Gasteiger partial charge >= 0.3 is 11.9 Å². The first-order chi connectivity index (χ1) is 11.6. The molecule has 1 rings (SSSR count). The van der Waals surface area contributed by atoms with Crippen molar-refractivity contribution in [2.24, 2.45) is 0 Å². The third-order valence-electron chi connectivity index (χ3n) is 3.35. The van der Waals surface area contributed by atoms with Crippen LogP contribution in [0.4, 0.5) is 4.39 Å². The fraction of sp³-hybridized carbons (Fsp3) is 0.556. The van der Waals surface area contributed by atoms with Crippen molar-refractivity contribution in [2.45, 2.75) is 51.4 Å². The van der Waals surface area contributed by atoms with Crippen molar-refractivity contribution in [3.8, 4) is 5.75 Å². The van der Waals surface area contributed by atoms with Gasteiger partial charge in [-0.1, -0.05) is 31.7 Å². The summed E-state index contributed by atoms with van der Waals surface area (Å²) < 4.78 is 23.0. The van der Waals surface area contributed by atoms with Crippen LogP contribution >= 0.6 is 11.6 Å². The van der Waals surface area contributed by atoms with Crippen LogP contribution in [0.2, 0.25) is 0 Å². The highest BCUT2D eigenvalue weighted by molar-refractivity contribution is 6.17. The van der Waals surface area contributed by atoms with Crippen LogP contribution in [0.15, 0.2) is 24.3 Å². The van der Waals surface area contributed by atoms with Gasteiger partial charge in [0.25, 0.3) is 0 Å². The average Bonchev–Trinajstić information content (AvgIpc) is 2.55. The number of alkyl halides is 1. The smallest absolute Gasteiger partial charge is 0.311 e. The molecular weight excluding hydrogens is 335 g/mol. The highest BCUT2D eigenvalue weighted by Gasteiger charge is 2.10. The van der Waals surface area contributed by atoms with Crippen LogP contribution in [0.1, 0.15) is 51.4 Å². The third-order valence-corrected chi connectivity index (χ3v) is 3.62. The molecule has 0 heterocycles. The van der Waals surface area contributed by atoms with Gasteiger partial charge in [0, 0.05) is 11.9 Å². The standard InChI is InChI=1S/C18H24ClFO4/c19-12-5-3-1-2-4-6-13-23-17(21)10-11-18(22)24-16-9-7-8-15(20)14-16/h7-9,14H,1-6,10-13H2. The molecule has 0 saturated heterocycles. The van der Waals surface area contributed by atoms with Crippen molar-refractivity contribution >= 4 is 23.5 Å². The predicted octanol–water partition coefficient (Wildman–Crippen LogP) is 4.63. The molecule has 0 aromatic heterocycles. The number of hydrogen-bond acceptors (Lipinski definition) is 4. The van der Waals surface area contributed by atoms with Gasteiger partial charge in [-0.25, -0.2) is 4.39 Å². The van der Waals surface area contributed by atoms with Gasteiger partial charge in [-0.15, -0.1) is 11.6 Å². The van der Waals surface area contributed by atoms with Crippen LogP contribution in [-0.2, 0) is 14.3 Å². The lowest BCUT2D eigenvalue weighted by atomic mass is 10.1. The van der Waals surface area contributed by atoms with Gasteiger partial charge in [0.15, 0.2) is 0 Å². The number of benzene rings is 1. The van der Waals surface area contributed by atoms with Crippen molar-refractivity contribution in [2.75, 3.05) is 12.5 Å². The van der Waals surface area contributed by atoms with E-state index in [0.717, 1.165) is 44.6 Å². The molecule has 0 aliphatic carbocycles. The molecule has 0 aliphatic rings. The monoisotopic (exact) mass is 358 g/mol. The van der Waals surface area contributed by atoms with Gasteiger partial charge in [0.1, 0.15) is 11.6 Å². The molecule has 0 saturated carbocycles. The van der Waals surface area contributed by atoms with E-state index in [1.165, 1.54) is 18.2 Å². The van der Waals surface area contributed by atoms with Crippen LogP contribution in [0.5, 0.6) is 5.75 Å². The van der Waals surface area contributed by atoms with Crippen LogP contribution in [0.25, 0.3) is 0 Å². The fourth-order valence-corrected chi connectivity index (χ4v) is 2.27. The number of esters is 2. The Morgan fingerprint density at radius 1 is 0.958 bits per heavy atom. The number of rotatable bonds is 12. The molecule has 134 valence electrons. The van der Waals surface area contributed by atoms with Crippen LogP contribution in [-0.4, -0.2) is 24.4 Å². The van der Waals surface area contributed by atoms with Gasteiger partial charge in [-0.2, -0.15) is 0 Å². The minimum absolute atomic E-state index is 0.0378. The highest BCUT2D eigenvalue weighted by Crippen LogP contribution is 2.13. The summed E-state index contributed by atoms with van der Waals surface area (Å²) >= 11 is 5.60. The summed E-state index contributed by atoms with van der Waals surface area (Å²) in [7, 11) is 0. The molecule has 0 N–H and O–H groups in total. The van der Waals surface area contributed by atoms with E-state index in [4.69, 9.17) is 21.1 Å². The minimum Gasteiger partial charge on any atom is -0.466 e. The van der Waals surface area contributed by atoms with Crippen molar-refractivity contribution in [3.05, 3.63) is 30.1 Å². The van der Waals surface area contributed by atoms with Gasteiger partial charge < -0.3 is 9.47 Å². The Kier molecular flexibility index (Phi) is 10.9. The summed E-state index contributed by atoms with van der Waals surface area (Å²) in [6.45, 7) is 0.368. The number of carbonyl (C=O) groups is 2.